The van der Waals surface area contributed by atoms with Gasteiger partial charge in [-0.1, -0.05) is 0 Å². The zero-order valence-electron chi connectivity index (χ0n) is 9.68. The van der Waals surface area contributed by atoms with Gasteiger partial charge in [0.15, 0.2) is 5.75 Å². The van der Waals surface area contributed by atoms with Gasteiger partial charge in [-0.25, -0.2) is 4.39 Å². The van der Waals surface area contributed by atoms with Crippen LogP contribution >= 0.6 is 0 Å². The molecule has 6 heteroatoms. The Morgan fingerprint density at radius 3 is 2.82 bits per heavy atom. The maximum atomic E-state index is 12.8. The Kier molecular flexibility index (Phi) is 4.84. The number of nitro groups is 1. The van der Waals surface area contributed by atoms with Crippen molar-refractivity contribution < 1.29 is 18.8 Å². The van der Waals surface area contributed by atoms with Gasteiger partial charge >= 0.3 is 5.69 Å². The van der Waals surface area contributed by atoms with E-state index < -0.39 is 10.7 Å². The Bertz CT molecular complexity index is 397. The summed E-state index contributed by atoms with van der Waals surface area (Å²) in [6, 6.07) is 3.19. The highest BCUT2D eigenvalue weighted by atomic mass is 19.1. The van der Waals surface area contributed by atoms with Crippen LogP contribution in [0.4, 0.5) is 10.1 Å². The second kappa shape index (κ2) is 6.15. The van der Waals surface area contributed by atoms with Gasteiger partial charge in [-0.2, -0.15) is 0 Å². The van der Waals surface area contributed by atoms with E-state index in [4.69, 9.17) is 9.47 Å². The Hall–Kier alpha value is -1.69. The molecule has 0 N–H and O–H groups in total. The van der Waals surface area contributed by atoms with Gasteiger partial charge < -0.3 is 9.47 Å². The minimum Gasteiger partial charge on any atom is -0.484 e. The number of ether oxygens (including phenoxy) is 2. The molecule has 0 bridgehead atoms. The summed E-state index contributed by atoms with van der Waals surface area (Å²) in [5.41, 5.74) is -0.381. The summed E-state index contributed by atoms with van der Waals surface area (Å²) < 4.78 is 23.3. The first-order valence-corrected chi connectivity index (χ1v) is 5.23. The van der Waals surface area contributed by atoms with Crippen molar-refractivity contribution in [1.29, 1.82) is 0 Å². The minimum atomic E-state index is -0.677. The van der Waals surface area contributed by atoms with Gasteiger partial charge in [0.1, 0.15) is 12.4 Å². The Morgan fingerprint density at radius 2 is 2.24 bits per heavy atom. The molecule has 1 aromatic rings. The molecular weight excluding hydrogens is 229 g/mol. The van der Waals surface area contributed by atoms with Crippen molar-refractivity contribution in [1.82, 2.24) is 0 Å². The van der Waals surface area contributed by atoms with Crippen LogP contribution in [0.2, 0.25) is 0 Å². The highest BCUT2D eigenvalue weighted by Gasteiger charge is 2.17. The van der Waals surface area contributed by atoms with Crippen LogP contribution in [0.1, 0.15) is 13.8 Å². The number of nitrogens with zero attached hydrogens (tertiary/aromatic N) is 1. The molecule has 0 radical (unpaired) electrons. The third kappa shape index (κ3) is 3.99. The Balaban J connectivity index is 2.73. The lowest BCUT2D eigenvalue weighted by atomic mass is 10.3. The topological polar surface area (TPSA) is 61.6 Å². The molecule has 0 saturated heterocycles. The van der Waals surface area contributed by atoms with E-state index in [2.05, 4.69) is 0 Å². The van der Waals surface area contributed by atoms with Crippen molar-refractivity contribution in [2.45, 2.75) is 20.0 Å². The van der Waals surface area contributed by atoms with Gasteiger partial charge in [0.2, 0.25) is 0 Å². The van der Waals surface area contributed by atoms with Crippen LogP contribution in [0.5, 0.6) is 5.75 Å². The molecule has 0 aliphatic carbocycles. The summed E-state index contributed by atoms with van der Waals surface area (Å²) in [4.78, 5) is 10.00. The van der Waals surface area contributed by atoms with Gasteiger partial charge in [0.25, 0.3) is 0 Å². The highest BCUT2D eigenvalue weighted by Crippen LogP contribution is 2.27. The maximum absolute atomic E-state index is 12.8. The van der Waals surface area contributed by atoms with Crippen LogP contribution in [-0.4, -0.2) is 24.2 Å². The number of rotatable bonds is 6. The summed E-state index contributed by atoms with van der Waals surface area (Å²) in [6.45, 7) is 4.35. The van der Waals surface area contributed by atoms with Crippen molar-refractivity contribution in [2.24, 2.45) is 0 Å². The molecule has 0 aliphatic heterocycles. The molecule has 17 heavy (non-hydrogen) atoms. The van der Waals surface area contributed by atoms with Crippen LogP contribution < -0.4 is 4.74 Å². The maximum Gasteiger partial charge on any atom is 0.313 e. The first-order valence-electron chi connectivity index (χ1n) is 5.23. The lowest BCUT2D eigenvalue weighted by Crippen LogP contribution is -2.18. The second-order valence-electron chi connectivity index (χ2n) is 3.45. The van der Waals surface area contributed by atoms with Gasteiger partial charge in [0.05, 0.1) is 17.1 Å². The third-order valence-electron chi connectivity index (χ3n) is 2.04. The van der Waals surface area contributed by atoms with E-state index in [-0.39, 0.29) is 24.1 Å². The molecule has 5 nitrogen and oxygen atoms in total. The number of benzene rings is 1. The fourth-order valence-corrected chi connectivity index (χ4v) is 1.30. The first kappa shape index (κ1) is 13.4. The van der Waals surface area contributed by atoms with Crippen molar-refractivity contribution >= 4 is 5.69 Å². The number of nitro benzene ring substituents is 1. The molecule has 1 rings (SSSR count). The zero-order chi connectivity index (χ0) is 12.8. The molecule has 0 aliphatic rings. The van der Waals surface area contributed by atoms with Crippen molar-refractivity contribution in [3.05, 3.63) is 34.1 Å². The lowest BCUT2D eigenvalue weighted by Gasteiger charge is -2.12. The summed E-state index contributed by atoms with van der Waals surface area (Å²) in [5, 5.41) is 10.7. The number of halogens is 1. The predicted molar refractivity (Wildman–Crippen MR) is 59.6 cm³/mol. The van der Waals surface area contributed by atoms with E-state index in [0.717, 1.165) is 12.1 Å². The molecule has 0 spiro atoms. The SMILES string of the molecule is CCOC(C)COc1ccc(F)cc1[N+](=O)[O-]. The molecule has 0 heterocycles. The normalized spacial score (nSPS) is 12.2. The minimum absolute atomic E-state index is 0.0444. The van der Waals surface area contributed by atoms with Crippen molar-refractivity contribution in [2.75, 3.05) is 13.2 Å². The zero-order valence-corrected chi connectivity index (χ0v) is 9.68. The van der Waals surface area contributed by atoms with Gasteiger partial charge in [-0.05, 0) is 26.0 Å². The van der Waals surface area contributed by atoms with Crippen LogP contribution in [0.25, 0.3) is 0 Å². The fraction of sp³-hybridized carbons (Fsp3) is 0.455. The molecule has 0 saturated carbocycles. The van der Waals surface area contributed by atoms with Gasteiger partial charge in [0, 0.05) is 6.61 Å². The van der Waals surface area contributed by atoms with Gasteiger partial charge in [-0.3, -0.25) is 10.1 Å². The number of hydrogen-bond acceptors (Lipinski definition) is 4. The molecular formula is C11H14FNO4. The van der Waals surface area contributed by atoms with Crippen LogP contribution in [0, 0.1) is 15.9 Å². The summed E-state index contributed by atoms with van der Waals surface area (Å²) in [6.07, 6.45) is -0.176. The van der Waals surface area contributed by atoms with Crippen molar-refractivity contribution in [3.8, 4) is 5.75 Å². The van der Waals surface area contributed by atoms with E-state index in [1.165, 1.54) is 6.07 Å². The molecule has 0 fully saturated rings. The van der Waals surface area contributed by atoms with Crippen LogP contribution in [0.3, 0.4) is 0 Å². The lowest BCUT2D eigenvalue weighted by molar-refractivity contribution is -0.386. The molecule has 94 valence electrons. The molecule has 0 aromatic heterocycles. The summed E-state index contributed by atoms with van der Waals surface area (Å²) >= 11 is 0. The number of hydrogen-bond donors (Lipinski definition) is 0. The quantitative estimate of drug-likeness (QED) is 0.569. The third-order valence-corrected chi connectivity index (χ3v) is 2.04. The molecule has 1 unspecified atom stereocenters. The van der Waals surface area contributed by atoms with E-state index in [0.29, 0.717) is 6.61 Å². The van der Waals surface area contributed by atoms with Crippen LogP contribution in [0.15, 0.2) is 18.2 Å². The largest absolute Gasteiger partial charge is 0.484 e. The van der Waals surface area contributed by atoms with E-state index in [1.54, 1.807) is 6.92 Å². The summed E-state index contributed by atoms with van der Waals surface area (Å²) in [7, 11) is 0. The second-order valence-corrected chi connectivity index (χ2v) is 3.45. The molecule has 1 aromatic carbocycles. The Morgan fingerprint density at radius 1 is 1.53 bits per heavy atom. The monoisotopic (exact) mass is 243 g/mol. The molecule has 1 atom stereocenters. The van der Waals surface area contributed by atoms with E-state index >= 15 is 0 Å². The van der Waals surface area contributed by atoms with Gasteiger partial charge in [-0.15, -0.1) is 0 Å². The molecule has 0 amide bonds. The van der Waals surface area contributed by atoms with Crippen molar-refractivity contribution in [3.63, 3.8) is 0 Å². The predicted octanol–water partition coefficient (Wildman–Crippen LogP) is 2.54. The standard InChI is InChI=1S/C11H14FNO4/c1-3-16-8(2)7-17-11-5-4-9(12)6-10(11)13(14)15/h4-6,8H,3,7H2,1-2H3. The van der Waals surface area contributed by atoms with E-state index in [9.17, 15) is 14.5 Å². The first-order chi connectivity index (χ1) is 8.04. The highest BCUT2D eigenvalue weighted by molar-refractivity contribution is 5.46. The summed E-state index contributed by atoms with van der Waals surface area (Å²) in [5.74, 6) is -0.621. The van der Waals surface area contributed by atoms with E-state index in [1.807, 2.05) is 6.92 Å². The average Bonchev–Trinajstić information content (AvgIpc) is 2.27. The van der Waals surface area contributed by atoms with Crippen LogP contribution in [-0.2, 0) is 4.74 Å². The average molecular weight is 243 g/mol. The fourth-order valence-electron chi connectivity index (χ4n) is 1.30. The smallest absolute Gasteiger partial charge is 0.313 e. The Labute approximate surface area is 98.3 Å².